The number of rotatable bonds is 8. The molecule has 0 saturated carbocycles. The van der Waals surface area contributed by atoms with Crippen LogP contribution in [0.4, 0.5) is 5.82 Å². The molecule has 154 valence electrons. The highest BCUT2D eigenvalue weighted by Crippen LogP contribution is 2.21. The third-order valence-corrected chi connectivity index (χ3v) is 5.01. The number of nitrogens with one attached hydrogen (secondary N) is 2. The summed E-state index contributed by atoms with van der Waals surface area (Å²) in [6.07, 6.45) is 4.39. The van der Waals surface area contributed by atoms with Gasteiger partial charge in [0, 0.05) is 32.8 Å². The van der Waals surface area contributed by atoms with Gasteiger partial charge in [-0.15, -0.1) is 0 Å². The van der Waals surface area contributed by atoms with E-state index in [2.05, 4.69) is 20.5 Å². The lowest BCUT2D eigenvalue weighted by Crippen LogP contribution is -2.32. The van der Waals surface area contributed by atoms with E-state index in [0.29, 0.717) is 6.54 Å². The number of hydrogen-bond donors (Lipinski definition) is 2. The van der Waals surface area contributed by atoms with Crippen molar-refractivity contribution in [2.75, 3.05) is 25.1 Å². The van der Waals surface area contributed by atoms with Crippen LogP contribution in [0.3, 0.4) is 0 Å². The Kier molecular flexibility index (Phi) is 7.05. The summed E-state index contributed by atoms with van der Waals surface area (Å²) in [6.45, 7) is 3.96. The molecule has 29 heavy (non-hydrogen) atoms. The molecule has 0 radical (unpaired) electrons. The van der Waals surface area contributed by atoms with Gasteiger partial charge in [0.2, 0.25) is 11.8 Å². The number of ether oxygens (including phenoxy) is 1. The number of benzene rings is 1. The number of carbonyl (C=O) groups excluding carboxylic acids is 2. The maximum absolute atomic E-state index is 12.5. The summed E-state index contributed by atoms with van der Waals surface area (Å²) in [4.78, 5) is 30.8. The molecule has 1 aliphatic rings. The lowest BCUT2D eigenvalue weighted by atomic mass is 10.0. The second-order valence-corrected chi connectivity index (χ2v) is 7.23. The Morgan fingerprint density at radius 2 is 1.86 bits per heavy atom. The van der Waals surface area contributed by atoms with Crippen molar-refractivity contribution in [3.63, 3.8) is 0 Å². The number of hydrogen-bond acceptors (Lipinski definition) is 5. The fraction of sp³-hybridized carbons (Fsp3) is 0.409. The van der Waals surface area contributed by atoms with Gasteiger partial charge >= 0.3 is 0 Å². The van der Waals surface area contributed by atoms with E-state index >= 15 is 0 Å². The summed E-state index contributed by atoms with van der Waals surface area (Å²) in [5.41, 5.74) is 1.80. The van der Waals surface area contributed by atoms with Crippen molar-refractivity contribution in [3.05, 3.63) is 53.7 Å². The zero-order valence-corrected chi connectivity index (χ0v) is 17.0. The number of methoxy groups -OCH3 is 1. The van der Waals surface area contributed by atoms with Crippen LogP contribution in [0.25, 0.3) is 0 Å². The highest BCUT2D eigenvalue weighted by Gasteiger charge is 2.17. The second-order valence-electron chi connectivity index (χ2n) is 7.23. The Morgan fingerprint density at radius 1 is 1.14 bits per heavy atom. The van der Waals surface area contributed by atoms with Crippen LogP contribution in [0.2, 0.25) is 0 Å². The number of pyridine rings is 1. The smallest absolute Gasteiger partial charge is 0.222 e. The van der Waals surface area contributed by atoms with Crippen LogP contribution in [0, 0.1) is 0 Å². The summed E-state index contributed by atoms with van der Waals surface area (Å²) < 4.78 is 5.16. The van der Waals surface area contributed by atoms with Gasteiger partial charge in [0.15, 0.2) is 0 Å². The van der Waals surface area contributed by atoms with E-state index in [9.17, 15) is 9.59 Å². The summed E-state index contributed by atoms with van der Waals surface area (Å²) in [5, 5.41) is 5.76. The minimum Gasteiger partial charge on any atom is -0.497 e. The first-order chi connectivity index (χ1) is 14.0. The van der Waals surface area contributed by atoms with Crippen molar-refractivity contribution in [3.8, 4) is 5.75 Å². The Morgan fingerprint density at radius 3 is 2.45 bits per heavy atom. The Hall–Kier alpha value is -3.09. The highest BCUT2D eigenvalue weighted by atomic mass is 16.5. The summed E-state index contributed by atoms with van der Waals surface area (Å²) in [7, 11) is 1.60. The molecule has 1 saturated heterocycles. The van der Waals surface area contributed by atoms with Crippen molar-refractivity contribution in [1.29, 1.82) is 0 Å². The number of nitrogens with zero attached hydrogens (tertiary/aromatic N) is 2. The van der Waals surface area contributed by atoms with E-state index in [0.717, 1.165) is 35.8 Å². The molecule has 3 rings (SSSR count). The lowest BCUT2D eigenvalue weighted by molar-refractivity contribution is -0.122. The Labute approximate surface area is 171 Å². The molecule has 0 bridgehead atoms. The Balaban J connectivity index is 1.55. The molecular formula is C22H28N4O3. The summed E-state index contributed by atoms with van der Waals surface area (Å²) in [5.74, 6) is 1.40. The van der Waals surface area contributed by atoms with Crippen molar-refractivity contribution in [1.82, 2.24) is 15.6 Å². The normalized spacial score (nSPS) is 14.3. The SMILES string of the molecule is COc1ccc(C(CC(=O)NCc2ccc(N3CCCC3)nc2)NC(C)=O)cc1. The van der Waals surface area contributed by atoms with Crippen molar-refractivity contribution in [2.45, 2.75) is 38.8 Å². The van der Waals surface area contributed by atoms with Crippen LogP contribution in [0.5, 0.6) is 5.75 Å². The van der Waals surface area contributed by atoms with Gasteiger partial charge in [0.25, 0.3) is 0 Å². The molecule has 1 unspecified atom stereocenters. The summed E-state index contributed by atoms with van der Waals surface area (Å²) in [6, 6.07) is 10.9. The van der Waals surface area contributed by atoms with Gasteiger partial charge in [-0.1, -0.05) is 18.2 Å². The fourth-order valence-corrected chi connectivity index (χ4v) is 3.45. The minimum absolute atomic E-state index is 0.136. The van der Waals surface area contributed by atoms with Crippen LogP contribution in [-0.4, -0.2) is 37.0 Å². The molecule has 1 aromatic carbocycles. The molecule has 1 aromatic heterocycles. The molecular weight excluding hydrogens is 368 g/mol. The van der Waals surface area contributed by atoms with Crippen LogP contribution in [-0.2, 0) is 16.1 Å². The highest BCUT2D eigenvalue weighted by molar-refractivity contribution is 5.79. The average Bonchev–Trinajstić information content (AvgIpc) is 3.27. The zero-order valence-electron chi connectivity index (χ0n) is 17.0. The molecule has 2 N–H and O–H groups in total. The quantitative estimate of drug-likeness (QED) is 0.717. The van der Waals surface area contributed by atoms with E-state index in [-0.39, 0.29) is 18.2 Å². The van der Waals surface area contributed by atoms with Gasteiger partial charge in [-0.2, -0.15) is 0 Å². The van der Waals surface area contributed by atoms with Crippen LogP contribution in [0.1, 0.15) is 43.4 Å². The first-order valence-corrected chi connectivity index (χ1v) is 9.93. The first kappa shape index (κ1) is 20.6. The van der Waals surface area contributed by atoms with Crippen LogP contribution >= 0.6 is 0 Å². The standard InChI is InChI=1S/C22H28N4O3/c1-16(27)25-20(18-6-8-19(29-2)9-7-18)13-22(28)24-15-17-5-10-21(23-14-17)26-11-3-4-12-26/h5-10,14,20H,3-4,11-13,15H2,1-2H3,(H,24,28)(H,25,27). The van der Waals surface area contributed by atoms with E-state index in [1.165, 1.54) is 19.8 Å². The fourth-order valence-electron chi connectivity index (χ4n) is 3.45. The van der Waals surface area contributed by atoms with Gasteiger partial charge in [-0.05, 0) is 42.2 Å². The summed E-state index contributed by atoms with van der Waals surface area (Å²) >= 11 is 0. The topological polar surface area (TPSA) is 83.6 Å². The van der Waals surface area contributed by atoms with Gasteiger partial charge in [-0.3, -0.25) is 9.59 Å². The number of carbonyl (C=O) groups is 2. The maximum Gasteiger partial charge on any atom is 0.222 e. The second kappa shape index (κ2) is 9.91. The molecule has 1 atom stereocenters. The molecule has 7 heteroatoms. The van der Waals surface area contributed by atoms with Crippen molar-refractivity contribution >= 4 is 17.6 Å². The van der Waals surface area contributed by atoms with E-state index in [1.807, 2.05) is 42.6 Å². The van der Waals surface area contributed by atoms with Gasteiger partial charge in [-0.25, -0.2) is 4.98 Å². The number of amides is 2. The largest absolute Gasteiger partial charge is 0.497 e. The minimum atomic E-state index is -0.394. The predicted octanol–water partition coefficient (Wildman–Crippen LogP) is 2.57. The van der Waals surface area contributed by atoms with Gasteiger partial charge in [0.1, 0.15) is 11.6 Å². The monoisotopic (exact) mass is 396 g/mol. The van der Waals surface area contributed by atoms with E-state index in [1.54, 1.807) is 7.11 Å². The average molecular weight is 396 g/mol. The van der Waals surface area contributed by atoms with Gasteiger partial charge < -0.3 is 20.3 Å². The third-order valence-electron chi connectivity index (χ3n) is 5.01. The van der Waals surface area contributed by atoms with Gasteiger partial charge in [0.05, 0.1) is 19.6 Å². The van der Waals surface area contributed by atoms with Crippen molar-refractivity contribution in [2.24, 2.45) is 0 Å². The van der Waals surface area contributed by atoms with E-state index < -0.39 is 6.04 Å². The molecule has 2 aromatic rings. The predicted molar refractivity (Wildman–Crippen MR) is 112 cm³/mol. The molecule has 0 aliphatic carbocycles. The lowest BCUT2D eigenvalue weighted by Gasteiger charge is -2.19. The van der Waals surface area contributed by atoms with Crippen LogP contribution < -0.4 is 20.3 Å². The number of aromatic nitrogens is 1. The van der Waals surface area contributed by atoms with Crippen molar-refractivity contribution < 1.29 is 14.3 Å². The Bertz CT molecular complexity index is 815. The molecule has 2 amide bonds. The molecule has 7 nitrogen and oxygen atoms in total. The van der Waals surface area contributed by atoms with E-state index in [4.69, 9.17) is 4.74 Å². The molecule has 1 aliphatic heterocycles. The third kappa shape index (κ3) is 5.94. The molecule has 2 heterocycles. The first-order valence-electron chi connectivity index (χ1n) is 9.93. The van der Waals surface area contributed by atoms with Crippen LogP contribution in [0.15, 0.2) is 42.6 Å². The number of anilines is 1. The zero-order chi connectivity index (χ0) is 20.6. The maximum atomic E-state index is 12.5. The molecule has 0 spiro atoms. The molecule has 1 fully saturated rings.